The SMILES string of the molecule is Oc1c(Cl)c(Cl)c(C(F)(F)F)c(Cl)c1Cl. The highest BCUT2D eigenvalue weighted by atomic mass is 35.5. The molecule has 1 rings (SSSR count). The zero-order valence-corrected chi connectivity index (χ0v) is 9.62. The van der Waals surface area contributed by atoms with Gasteiger partial charge in [-0.05, 0) is 0 Å². The van der Waals surface area contributed by atoms with Crippen molar-refractivity contribution in [2.24, 2.45) is 0 Å². The largest absolute Gasteiger partial charge is 0.505 e. The molecule has 0 spiro atoms. The molecule has 0 aliphatic carbocycles. The summed E-state index contributed by atoms with van der Waals surface area (Å²) in [5.41, 5.74) is -1.36. The van der Waals surface area contributed by atoms with Crippen LogP contribution in [-0.4, -0.2) is 5.11 Å². The molecular formula is C7HCl4F3O. The quantitative estimate of drug-likeness (QED) is 0.667. The Balaban J connectivity index is 3.68. The molecule has 0 saturated heterocycles. The van der Waals surface area contributed by atoms with E-state index in [9.17, 15) is 13.2 Å². The van der Waals surface area contributed by atoms with Crippen molar-refractivity contribution in [2.45, 2.75) is 6.18 Å². The maximum absolute atomic E-state index is 12.4. The third-order valence-corrected chi connectivity index (χ3v) is 3.21. The van der Waals surface area contributed by atoms with Crippen LogP contribution < -0.4 is 0 Å². The van der Waals surface area contributed by atoms with E-state index in [4.69, 9.17) is 51.5 Å². The number of hydrogen-bond donors (Lipinski definition) is 1. The highest BCUT2D eigenvalue weighted by Gasteiger charge is 2.39. The molecule has 1 N–H and O–H groups in total. The minimum atomic E-state index is -4.80. The first-order valence-corrected chi connectivity index (χ1v) is 4.81. The summed E-state index contributed by atoms with van der Waals surface area (Å²) in [5, 5.41) is 6.04. The molecule has 0 atom stereocenters. The van der Waals surface area contributed by atoms with E-state index in [0.29, 0.717) is 0 Å². The fourth-order valence-corrected chi connectivity index (χ4v) is 1.93. The van der Waals surface area contributed by atoms with Gasteiger partial charge in [0, 0.05) is 0 Å². The minimum Gasteiger partial charge on any atom is -0.505 e. The van der Waals surface area contributed by atoms with Crippen molar-refractivity contribution in [1.82, 2.24) is 0 Å². The van der Waals surface area contributed by atoms with Crippen LogP contribution in [0.25, 0.3) is 0 Å². The van der Waals surface area contributed by atoms with Crippen molar-refractivity contribution >= 4 is 46.4 Å². The van der Waals surface area contributed by atoms with E-state index >= 15 is 0 Å². The fourth-order valence-electron chi connectivity index (χ4n) is 0.869. The third-order valence-electron chi connectivity index (χ3n) is 1.52. The van der Waals surface area contributed by atoms with E-state index in [1.165, 1.54) is 0 Å². The Hall–Kier alpha value is -0.0300. The smallest absolute Gasteiger partial charge is 0.419 e. The molecule has 15 heavy (non-hydrogen) atoms. The van der Waals surface area contributed by atoms with Gasteiger partial charge in [0.2, 0.25) is 0 Å². The summed E-state index contributed by atoms with van der Waals surface area (Å²) in [5.74, 6) is -0.777. The highest BCUT2D eigenvalue weighted by molar-refractivity contribution is 6.49. The molecule has 0 unspecified atom stereocenters. The standard InChI is InChI=1S/C7HCl4F3O/c8-2-1(7(12,13)14)3(9)5(11)6(15)4(2)10/h15H. The van der Waals surface area contributed by atoms with E-state index in [2.05, 4.69) is 0 Å². The maximum atomic E-state index is 12.4. The van der Waals surface area contributed by atoms with E-state index in [1.807, 2.05) is 0 Å². The van der Waals surface area contributed by atoms with Gasteiger partial charge < -0.3 is 5.11 Å². The molecule has 0 bridgehead atoms. The van der Waals surface area contributed by atoms with E-state index < -0.39 is 37.6 Å². The predicted molar refractivity (Wildman–Crippen MR) is 53.1 cm³/mol. The van der Waals surface area contributed by atoms with Crippen LogP contribution in [0.5, 0.6) is 5.75 Å². The number of hydrogen-bond acceptors (Lipinski definition) is 1. The average molecular weight is 300 g/mol. The first-order valence-electron chi connectivity index (χ1n) is 3.30. The average Bonchev–Trinajstić information content (AvgIpc) is 2.09. The molecule has 0 saturated carbocycles. The Labute approximate surface area is 102 Å². The molecule has 0 radical (unpaired) electrons. The summed E-state index contributed by atoms with van der Waals surface area (Å²) in [6.07, 6.45) is -4.80. The second-order valence-electron chi connectivity index (χ2n) is 2.48. The number of alkyl halides is 3. The van der Waals surface area contributed by atoms with Crippen LogP contribution in [0.2, 0.25) is 20.1 Å². The van der Waals surface area contributed by atoms with Crippen LogP contribution in [0, 0.1) is 0 Å². The molecule has 1 nitrogen and oxygen atoms in total. The highest BCUT2D eigenvalue weighted by Crippen LogP contribution is 2.50. The molecule has 1 aromatic rings. The first-order chi connectivity index (χ1) is 6.68. The molecule has 1 aromatic carbocycles. The zero-order chi connectivity index (χ0) is 12.0. The monoisotopic (exact) mass is 298 g/mol. The fraction of sp³-hybridized carbons (Fsp3) is 0.143. The van der Waals surface area contributed by atoms with Gasteiger partial charge in [-0.3, -0.25) is 0 Å². The molecule has 0 aliphatic heterocycles. The lowest BCUT2D eigenvalue weighted by Crippen LogP contribution is -2.07. The van der Waals surface area contributed by atoms with Gasteiger partial charge in [-0.1, -0.05) is 46.4 Å². The predicted octanol–water partition coefficient (Wildman–Crippen LogP) is 5.02. The van der Waals surface area contributed by atoms with Crippen LogP contribution in [0.15, 0.2) is 0 Å². The topological polar surface area (TPSA) is 20.2 Å². The summed E-state index contributed by atoms with van der Waals surface area (Å²) in [6, 6.07) is 0. The van der Waals surface area contributed by atoms with Gasteiger partial charge in [0.05, 0.1) is 15.6 Å². The van der Waals surface area contributed by atoms with Gasteiger partial charge in [0.15, 0.2) is 5.75 Å². The summed E-state index contributed by atoms with van der Waals surface area (Å²) in [7, 11) is 0. The number of phenolic OH excluding ortho intramolecular Hbond substituents is 1. The molecule has 0 fully saturated rings. The van der Waals surface area contributed by atoms with Crippen molar-refractivity contribution in [1.29, 1.82) is 0 Å². The normalized spacial score (nSPS) is 11.9. The second-order valence-corrected chi connectivity index (χ2v) is 3.99. The van der Waals surface area contributed by atoms with E-state index in [-0.39, 0.29) is 0 Å². The van der Waals surface area contributed by atoms with Crippen molar-refractivity contribution in [3.8, 4) is 5.75 Å². The van der Waals surface area contributed by atoms with Gasteiger partial charge in [-0.2, -0.15) is 13.2 Å². The van der Waals surface area contributed by atoms with Gasteiger partial charge in [0.25, 0.3) is 0 Å². The van der Waals surface area contributed by atoms with Crippen molar-refractivity contribution < 1.29 is 18.3 Å². The lowest BCUT2D eigenvalue weighted by atomic mass is 10.2. The molecule has 0 aromatic heterocycles. The van der Waals surface area contributed by atoms with Crippen LogP contribution in [0.3, 0.4) is 0 Å². The summed E-state index contributed by atoms with van der Waals surface area (Å²) >= 11 is 21.3. The Bertz CT molecular complexity index is 387. The number of benzene rings is 1. The first kappa shape index (κ1) is 13.0. The molecule has 8 heteroatoms. The zero-order valence-electron chi connectivity index (χ0n) is 6.59. The lowest BCUT2D eigenvalue weighted by molar-refractivity contribution is -0.137. The molecular weight excluding hydrogens is 299 g/mol. The summed E-state index contributed by atoms with van der Waals surface area (Å²) < 4.78 is 37.3. The Morgan fingerprint density at radius 2 is 1.13 bits per heavy atom. The van der Waals surface area contributed by atoms with Crippen LogP contribution >= 0.6 is 46.4 Å². The van der Waals surface area contributed by atoms with Crippen LogP contribution in [-0.2, 0) is 6.18 Å². The third kappa shape index (κ3) is 2.23. The second kappa shape index (κ2) is 4.09. The van der Waals surface area contributed by atoms with Crippen LogP contribution in [0.1, 0.15) is 5.56 Å². The molecule has 0 amide bonds. The van der Waals surface area contributed by atoms with Crippen LogP contribution in [0.4, 0.5) is 13.2 Å². The Morgan fingerprint density at radius 3 is 1.40 bits per heavy atom. The van der Waals surface area contributed by atoms with Gasteiger partial charge in [-0.15, -0.1) is 0 Å². The van der Waals surface area contributed by atoms with E-state index in [0.717, 1.165) is 0 Å². The van der Waals surface area contributed by atoms with Gasteiger partial charge >= 0.3 is 6.18 Å². The number of phenols is 1. The van der Waals surface area contributed by atoms with Crippen molar-refractivity contribution in [2.75, 3.05) is 0 Å². The van der Waals surface area contributed by atoms with Crippen molar-refractivity contribution in [3.63, 3.8) is 0 Å². The maximum Gasteiger partial charge on any atom is 0.419 e. The Kier molecular flexibility index (Phi) is 3.55. The molecule has 84 valence electrons. The van der Waals surface area contributed by atoms with Gasteiger partial charge in [-0.25, -0.2) is 0 Å². The molecule has 0 aliphatic rings. The van der Waals surface area contributed by atoms with Crippen molar-refractivity contribution in [3.05, 3.63) is 25.7 Å². The molecule has 0 heterocycles. The minimum absolute atomic E-state index is 0.682. The summed E-state index contributed by atoms with van der Waals surface area (Å²) in [6.45, 7) is 0. The Morgan fingerprint density at radius 1 is 0.800 bits per heavy atom. The van der Waals surface area contributed by atoms with E-state index in [1.54, 1.807) is 0 Å². The summed E-state index contributed by atoms with van der Waals surface area (Å²) in [4.78, 5) is 0. The lowest BCUT2D eigenvalue weighted by Gasteiger charge is -2.14. The number of aromatic hydroxyl groups is 1. The number of rotatable bonds is 0. The van der Waals surface area contributed by atoms with Gasteiger partial charge in [0.1, 0.15) is 10.0 Å². The number of halogens is 7.